The van der Waals surface area contributed by atoms with Gasteiger partial charge in [-0.05, 0) is 56.0 Å². The van der Waals surface area contributed by atoms with Crippen LogP contribution in [0.25, 0.3) is 0 Å². The highest BCUT2D eigenvalue weighted by atomic mass is 16.5. The molecule has 2 N–H and O–H groups in total. The maximum absolute atomic E-state index is 11.9. The molecule has 142 valence electrons. The number of benzene rings is 1. The fraction of sp³-hybridized carbons (Fsp3) is 0.350. The minimum Gasteiger partial charge on any atom is -0.439 e. The van der Waals surface area contributed by atoms with Crippen molar-refractivity contribution in [3.8, 4) is 11.6 Å². The van der Waals surface area contributed by atoms with Crippen molar-refractivity contribution < 1.29 is 19.1 Å². The number of nitrogens with zero attached hydrogens (tertiary/aromatic N) is 1. The molecule has 0 radical (unpaired) electrons. The summed E-state index contributed by atoms with van der Waals surface area (Å²) in [5, 5.41) is 5.09. The summed E-state index contributed by atoms with van der Waals surface area (Å²) in [6.07, 6.45) is 3.31. The van der Waals surface area contributed by atoms with Crippen molar-refractivity contribution in [2.75, 3.05) is 18.5 Å². The largest absolute Gasteiger partial charge is 0.439 e. The number of aromatic nitrogens is 1. The topological polar surface area (TPSA) is 89.5 Å². The van der Waals surface area contributed by atoms with E-state index in [4.69, 9.17) is 9.47 Å². The molecule has 2 aromatic rings. The minimum absolute atomic E-state index is 0.00902. The number of ether oxygens (including phenoxy) is 2. The monoisotopic (exact) mass is 369 g/mol. The molecule has 7 nitrogen and oxygen atoms in total. The molecule has 1 aliphatic heterocycles. The first kappa shape index (κ1) is 18.8. The van der Waals surface area contributed by atoms with Gasteiger partial charge in [0.05, 0.1) is 18.0 Å². The van der Waals surface area contributed by atoms with Crippen molar-refractivity contribution in [3.63, 3.8) is 0 Å². The molecule has 0 bridgehead atoms. The van der Waals surface area contributed by atoms with E-state index in [1.807, 2.05) is 32.0 Å². The van der Waals surface area contributed by atoms with E-state index < -0.39 is 11.8 Å². The predicted molar refractivity (Wildman–Crippen MR) is 101 cm³/mol. The molecule has 3 rings (SSSR count). The second kappa shape index (κ2) is 8.64. The van der Waals surface area contributed by atoms with E-state index in [0.29, 0.717) is 30.5 Å². The van der Waals surface area contributed by atoms with Crippen LogP contribution in [-0.4, -0.2) is 36.1 Å². The average Bonchev–Trinajstić information content (AvgIpc) is 3.18. The molecule has 7 heteroatoms. The Labute approximate surface area is 158 Å². The number of anilines is 1. The van der Waals surface area contributed by atoms with Crippen LogP contribution in [-0.2, 0) is 14.3 Å². The van der Waals surface area contributed by atoms with Gasteiger partial charge in [-0.3, -0.25) is 9.59 Å². The number of nitrogens with one attached hydrogen (secondary N) is 2. The van der Waals surface area contributed by atoms with E-state index in [-0.39, 0.29) is 6.10 Å². The van der Waals surface area contributed by atoms with Crippen molar-refractivity contribution in [3.05, 3.63) is 47.7 Å². The Morgan fingerprint density at radius 3 is 2.70 bits per heavy atom. The lowest BCUT2D eigenvalue weighted by Crippen LogP contribution is -2.39. The number of carbonyl (C=O) groups is 2. The van der Waals surface area contributed by atoms with Gasteiger partial charge in [0.1, 0.15) is 5.75 Å². The van der Waals surface area contributed by atoms with Gasteiger partial charge in [0.2, 0.25) is 5.88 Å². The maximum Gasteiger partial charge on any atom is 0.313 e. The molecular weight excluding hydrogens is 346 g/mol. The molecule has 1 saturated heterocycles. The lowest BCUT2D eigenvalue weighted by atomic mass is 10.1. The van der Waals surface area contributed by atoms with Gasteiger partial charge in [-0.15, -0.1) is 0 Å². The molecule has 0 spiro atoms. The summed E-state index contributed by atoms with van der Waals surface area (Å²) in [6.45, 7) is 5.09. The van der Waals surface area contributed by atoms with Crippen LogP contribution in [0.2, 0.25) is 0 Å². The van der Waals surface area contributed by atoms with E-state index in [1.54, 1.807) is 12.1 Å². The highest BCUT2D eigenvalue weighted by molar-refractivity contribution is 6.39. The average molecular weight is 369 g/mol. The fourth-order valence-electron chi connectivity index (χ4n) is 2.69. The quantitative estimate of drug-likeness (QED) is 0.791. The van der Waals surface area contributed by atoms with Crippen LogP contribution in [0.3, 0.4) is 0 Å². The molecule has 1 aromatic heterocycles. The van der Waals surface area contributed by atoms with Gasteiger partial charge in [-0.2, -0.15) is 0 Å². The number of amides is 2. The van der Waals surface area contributed by atoms with Gasteiger partial charge in [-0.1, -0.05) is 6.07 Å². The smallest absolute Gasteiger partial charge is 0.313 e. The molecule has 1 aliphatic rings. The predicted octanol–water partition coefficient (Wildman–Crippen LogP) is 2.72. The summed E-state index contributed by atoms with van der Waals surface area (Å²) >= 11 is 0. The molecule has 0 unspecified atom stereocenters. The number of aryl methyl sites for hydroxylation is 2. The zero-order valence-corrected chi connectivity index (χ0v) is 15.5. The van der Waals surface area contributed by atoms with Gasteiger partial charge in [0.15, 0.2) is 0 Å². The summed E-state index contributed by atoms with van der Waals surface area (Å²) in [5.74, 6) is -0.339. The minimum atomic E-state index is -0.738. The van der Waals surface area contributed by atoms with E-state index in [2.05, 4.69) is 15.6 Å². The second-order valence-corrected chi connectivity index (χ2v) is 6.53. The first-order valence-corrected chi connectivity index (χ1v) is 8.93. The Balaban J connectivity index is 1.51. The summed E-state index contributed by atoms with van der Waals surface area (Å²) in [7, 11) is 0. The Hall–Kier alpha value is -2.93. The SMILES string of the molecule is Cc1ccc(Oc2ccc(NC(=O)C(=O)NC[C@H]3CCCO3)cn2)cc1C. The number of carbonyl (C=O) groups excluding carboxylic acids is 2. The second-order valence-electron chi connectivity index (χ2n) is 6.53. The van der Waals surface area contributed by atoms with Crippen molar-refractivity contribution in [1.82, 2.24) is 10.3 Å². The molecule has 1 atom stereocenters. The van der Waals surface area contributed by atoms with E-state index in [0.717, 1.165) is 18.4 Å². The Morgan fingerprint density at radius 1 is 1.19 bits per heavy atom. The lowest BCUT2D eigenvalue weighted by Gasteiger charge is -2.11. The Bertz CT molecular complexity index is 814. The number of pyridine rings is 1. The molecular formula is C20H23N3O4. The highest BCUT2D eigenvalue weighted by Gasteiger charge is 2.19. The normalized spacial score (nSPS) is 16.0. The van der Waals surface area contributed by atoms with Crippen LogP contribution >= 0.6 is 0 Å². The third kappa shape index (κ3) is 5.27. The van der Waals surface area contributed by atoms with E-state index in [9.17, 15) is 9.59 Å². The maximum atomic E-state index is 11.9. The van der Waals surface area contributed by atoms with Crippen LogP contribution in [0.15, 0.2) is 36.5 Å². The summed E-state index contributed by atoms with van der Waals surface area (Å²) in [5.41, 5.74) is 2.73. The third-order valence-corrected chi connectivity index (χ3v) is 4.42. The molecule has 2 heterocycles. The lowest BCUT2D eigenvalue weighted by molar-refractivity contribution is -0.136. The first-order valence-electron chi connectivity index (χ1n) is 8.93. The van der Waals surface area contributed by atoms with Crippen LogP contribution in [0.5, 0.6) is 11.6 Å². The Kier molecular flexibility index (Phi) is 6.03. The van der Waals surface area contributed by atoms with Crippen molar-refractivity contribution in [2.45, 2.75) is 32.8 Å². The molecule has 0 saturated carbocycles. The third-order valence-electron chi connectivity index (χ3n) is 4.42. The van der Waals surface area contributed by atoms with Crippen molar-refractivity contribution >= 4 is 17.5 Å². The van der Waals surface area contributed by atoms with Crippen LogP contribution in [0.4, 0.5) is 5.69 Å². The van der Waals surface area contributed by atoms with Gasteiger partial charge < -0.3 is 20.1 Å². The fourth-order valence-corrected chi connectivity index (χ4v) is 2.69. The zero-order chi connectivity index (χ0) is 19.2. The van der Waals surface area contributed by atoms with E-state index in [1.165, 1.54) is 11.8 Å². The van der Waals surface area contributed by atoms with Crippen molar-refractivity contribution in [2.24, 2.45) is 0 Å². The van der Waals surface area contributed by atoms with E-state index >= 15 is 0 Å². The molecule has 1 fully saturated rings. The van der Waals surface area contributed by atoms with Crippen LogP contribution < -0.4 is 15.4 Å². The van der Waals surface area contributed by atoms with Gasteiger partial charge >= 0.3 is 11.8 Å². The number of rotatable bonds is 5. The zero-order valence-electron chi connectivity index (χ0n) is 15.5. The van der Waals surface area contributed by atoms with Crippen LogP contribution in [0, 0.1) is 13.8 Å². The molecule has 1 aromatic carbocycles. The van der Waals surface area contributed by atoms with Crippen molar-refractivity contribution in [1.29, 1.82) is 0 Å². The van der Waals surface area contributed by atoms with Crippen LogP contribution in [0.1, 0.15) is 24.0 Å². The molecule has 2 amide bonds. The number of hydrogen-bond acceptors (Lipinski definition) is 5. The van der Waals surface area contributed by atoms with Gasteiger partial charge in [0.25, 0.3) is 0 Å². The molecule has 0 aliphatic carbocycles. The van der Waals surface area contributed by atoms with Gasteiger partial charge in [-0.25, -0.2) is 4.98 Å². The first-order chi connectivity index (χ1) is 13.0. The summed E-state index contributed by atoms with van der Waals surface area (Å²) in [6, 6.07) is 9.06. The van der Waals surface area contributed by atoms with Gasteiger partial charge in [0, 0.05) is 19.2 Å². The highest BCUT2D eigenvalue weighted by Crippen LogP contribution is 2.23. The summed E-state index contributed by atoms with van der Waals surface area (Å²) in [4.78, 5) is 27.9. The standard InChI is InChI=1S/C20H23N3O4/c1-13-5-7-16(10-14(13)2)27-18-8-6-15(11-21-18)23-20(25)19(24)22-12-17-4-3-9-26-17/h5-8,10-11,17H,3-4,9,12H2,1-2H3,(H,22,24)(H,23,25)/t17-/m1/s1. The Morgan fingerprint density at radius 2 is 2.04 bits per heavy atom. The molecule has 27 heavy (non-hydrogen) atoms. The number of hydrogen-bond donors (Lipinski definition) is 2. The summed E-state index contributed by atoms with van der Waals surface area (Å²) < 4.78 is 11.1.